The van der Waals surface area contributed by atoms with Gasteiger partial charge in [0.1, 0.15) is 0 Å². The van der Waals surface area contributed by atoms with Crippen LogP contribution in [0.15, 0.2) is 18.2 Å². The first-order chi connectivity index (χ1) is 8.08. The summed E-state index contributed by atoms with van der Waals surface area (Å²) in [7, 11) is 5.02. The Morgan fingerprint density at radius 3 is 2.76 bits per heavy atom. The summed E-state index contributed by atoms with van der Waals surface area (Å²) in [6.45, 7) is 0.315. The summed E-state index contributed by atoms with van der Waals surface area (Å²) in [6.07, 6.45) is 0.532. The van der Waals surface area contributed by atoms with Gasteiger partial charge in [0.2, 0.25) is 11.8 Å². The second-order valence-electron chi connectivity index (χ2n) is 4.04. The summed E-state index contributed by atoms with van der Waals surface area (Å²) in [5.74, 6) is 0.345. The monoisotopic (exact) mass is 237 g/mol. The number of nitrogens with two attached hydrogens (primary N) is 1. The molecule has 0 bridgehead atoms. The topological polar surface area (TPSA) is 68.5 Å². The molecule has 17 heavy (non-hydrogen) atoms. The Kier molecular flexibility index (Phi) is 4.90. The Labute approximate surface area is 102 Å². The van der Waals surface area contributed by atoms with Gasteiger partial charge in [0, 0.05) is 38.8 Å². The van der Waals surface area contributed by atoms with Gasteiger partial charge in [-0.25, -0.2) is 4.98 Å². The SMILES string of the molecule is COc1cccc(CC(CN)C(=O)N(C)C)n1. The highest BCUT2D eigenvalue weighted by Gasteiger charge is 2.19. The number of amides is 1. The first kappa shape index (κ1) is 13.4. The molecule has 1 atom stereocenters. The maximum atomic E-state index is 11.8. The maximum absolute atomic E-state index is 11.8. The summed E-state index contributed by atoms with van der Waals surface area (Å²) in [6, 6.07) is 5.50. The van der Waals surface area contributed by atoms with Crippen molar-refractivity contribution in [1.82, 2.24) is 9.88 Å². The molecule has 1 aromatic heterocycles. The van der Waals surface area contributed by atoms with Crippen LogP contribution in [-0.2, 0) is 11.2 Å². The largest absolute Gasteiger partial charge is 0.481 e. The van der Waals surface area contributed by atoms with Gasteiger partial charge in [-0.3, -0.25) is 4.79 Å². The summed E-state index contributed by atoms with van der Waals surface area (Å²) >= 11 is 0. The Morgan fingerprint density at radius 2 is 2.24 bits per heavy atom. The number of carbonyl (C=O) groups excluding carboxylic acids is 1. The van der Waals surface area contributed by atoms with E-state index in [-0.39, 0.29) is 11.8 Å². The zero-order chi connectivity index (χ0) is 12.8. The van der Waals surface area contributed by atoms with Gasteiger partial charge in [-0.1, -0.05) is 6.07 Å². The smallest absolute Gasteiger partial charge is 0.226 e. The van der Waals surface area contributed by atoms with E-state index in [4.69, 9.17) is 10.5 Å². The van der Waals surface area contributed by atoms with Gasteiger partial charge < -0.3 is 15.4 Å². The first-order valence-corrected chi connectivity index (χ1v) is 5.49. The molecule has 1 aromatic rings. The van der Waals surface area contributed by atoms with Crippen molar-refractivity contribution < 1.29 is 9.53 Å². The van der Waals surface area contributed by atoms with Crippen molar-refractivity contribution in [1.29, 1.82) is 0 Å². The number of rotatable bonds is 5. The van der Waals surface area contributed by atoms with Crippen LogP contribution in [0.25, 0.3) is 0 Å². The fourth-order valence-corrected chi connectivity index (χ4v) is 1.57. The molecule has 5 heteroatoms. The lowest BCUT2D eigenvalue weighted by atomic mass is 10.0. The lowest BCUT2D eigenvalue weighted by Crippen LogP contribution is -2.35. The molecular weight excluding hydrogens is 218 g/mol. The van der Waals surface area contributed by atoms with Crippen molar-refractivity contribution in [2.24, 2.45) is 11.7 Å². The van der Waals surface area contributed by atoms with Crippen molar-refractivity contribution in [2.75, 3.05) is 27.7 Å². The van der Waals surface area contributed by atoms with E-state index in [0.717, 1.165) is 5.69 Å². The van der Waals surface area contributed by atoms with Crippen LogP contribution < -0.4 is 10.5 Å². The molecule has 94 valence electrons. The van der Waals surface area contributed by atoms with Crippen LogP contribution in [0.2, 0.25) is 0 Å². The number of hydrogen-bond donors (Lipinski definition) is 1. The number of hydrogen-bond acceptors (Lipinski definition) is 4. The van der Waals surface area contributed by atoms with Crippen molar-refractivity contribution in [3.8, 4) is 5.88 Å². The highest BCUT2D eigenvalue weighted by Crippen LogP contribution is 2.12. The molecule has 0 aliphatic carbocycles. The van der Waals surface area contributed by atoms with Crippen molar-refractivity contribution in [3.63, 3.8) is 0 Å². The van der Waals surface area contributed by atoms with Crippen molar-refractivity contribution >= 4 is 5.91 Å². The molecule has 1 amide bonds. The van der Waals surface area contributed by atoms with E-state index in [2.05, 4.69) is 4.98 Å². The van der Waals surface area contributed by atoms with Gasteiger partial charge in [0.05, 0.1) is 13.0 Å². The molecule has 2 N–H and O–H groups in total. The third-order valence-electron chi connectivity index (χ3n) is 2.52. The summed E-state index contributed by atoms with van der Waals surface area (Å²) in [5.41, 5.74) is 6.44. The normalized spacial score (nSPS) is 12.0. The number of nitrogens with zero attached hydrogens (tertiary/aromatic N) is 2. The van der Waals surface area contributed by atoms with Gasteiger partial charge in [-0.15, -0.1) is 0 Å². The highest BCUT2D eigenvalue weighted by molar-refractivity contribution is 5.78. The zero-order valence-corrected chi connectivity index (χ0v) is 10.5. The van der Waals surface area contributed by atoms with E-state index in [1.807, 2.05) is 12.1 Å². The Morgan fingerprint density at radius 1 is 1.53 bits per heavy atom. The standard InChI is InChI=1S/C12H19N3O2/c1-15(2)12(16)9(8-13)7-10-5-4-6-11(14-10)17-3/h4-6,9H,7-8,13H2,1-3H3. The van der Waals surface area contributed by atoms with Crippen molar-refractivity contribution in [3.05, 3.63) is 23.9 Å². The number of pyridine rings is 1. The zero-order valence-electron chi connectivity index (χ0n) is 10.5. The predicted molar refractivity (Wildman–Crippen MR) is 65.7 cm³/mol. The molecule has 5 nitrogen and oxygen atoms in total. The van der Waals surface area contributed by atoms with Gasteiger partial charge >= 0.3 is 0 Å². The van der Waals surface area contributed by atoms with Crippen molar-refractivity contribution in [2.45, 2.75) is 6.42 Å². The lowest BCUT2D eigenvalue weighted by Gasteiger charge is -2.18. The van der Waals surface area contributed by atoms with Crippen LogP contribution in [0.3, 0.4) is 0 Å². The number of carbonyl (C=O) groups is 1. The van der Waals surface area contributed by atoms with E-state index < -0.39 is 0 Å². The fraction of sp³-hybridized carbons (Fsp3) is 0.500. The first-order valence-electron chi connectivity index (χ1n) is 5.49. The minimum absolute atomic E-state index is 0.0251. The van der Waals surface area contributed by atoms with Crippen LogP contribution in [-0.4, -0.2) is 43.5 Å². The van der Waals surface area contributed by atoms with E-state index in [0.29, 0.717) is 18.8 Å². The average molecular weight is 237 g/mol. The Bertz CT molecular complexity index is 380. The van der Waals surface area contributed by atoms with Gasteiger partial charge in [-0.05, 0) is 6.07 Å². The number of aromatic nitrogens is 1. The number of methoxy groups -OCH3 is 1. The minimum Gasteiger partial charge on any atom is -0.481 e. The molecule has 0 aliphatic heterocycles. The van der Waals surface area contributed by atoms with Gasteiger partial charge in [-0.2, -0.15) is 0 Å². The molecule has 0 aromatic carbocycles. The van der Waals surface area contributed by atoms with Crippen LogP contribution in [0.5, 0.6) is 5.88 Å². The molecule has 0 fully saturated rings. The maximum Gasteiger partial charge on any atom is 0.226 e. The predicted octanol–water partition coefficient (Wildman–Crippen LogP) is 0.296. The molecule has 0 saturated heterocycles. The average Bonchev–Trinajstić information content (AvgIpc) is 2.35. The van der Waals surface area contributed by atoms with E-state index in [1.165, 1.54) is 0 Å². The van der Waals surface area contributed by atoms with Crippen LogP contribution in [0.4, 0.5) is 0 Å². The van der Waals surface area contributed by atoms with Crippen LogP contribution in [0.1, 0.15) is 5.69 Å². The quantitative estimate of drug-likeness (QED) is 0.799. The second kappa shape index (κ2) is 6.20. The summed E-state index contributed by atoms with van der Waals surface area (Å²) in [4.78, 5) is 17.6. The molecule has 1 unspecified atom stereocenters. The van der Waals surface area contributed by atoms with Crippen LogP contribution in [0, 0.1) is 5.92 Å². The third kappa shape index (κ3) is 3.71. The molecular formula is C12H19N3O2. The molecule has 0 aliphatic rings. The highest BCUT2D eigenvalue weighted by atomic mass is 16.5. The van der Waals surface area contributed by atoms with Crippen LogP contribution >= 0.6 is 0 Å². The molecule has 0 spiro atoms. The van der Waals surface area contributed by atoms with Gasteiger partial charge in [0.15, 0.2) is 0 Å². The van der Waals surface area contributed by atoms with E-state index in [9.17, 15) is 4.79 Å². The Balaban J connectivity index is 2.76. The molecule has 1 heterocycles. The third-order valence-corrected chi connectivity index (χ3v) is 2.52. The number of ether oxygens (including phenoxy) is 1. The van der Waals surface area contributed by atoms with E-state index in [1.54, 1.807) is 32.2 Å². The molecule has 1 rings (SSSR count). The summed E-state index contributed by atoms with van der Waals surface area (Å²) in [5, 5.41) is 0. The Hall–Kier alpha value is -1.62. The molecule has 0 radical (unpaired) electrons. The van der Waals surface area contributed by atoms with E-state index >= 15 is 0 Å². The molecule has 0 saturated carbocycles. The minimum atomic E-state index is -0.232. The second-order valence-corrected chi connectivity index (χ2v) is 4.04. The van der Waals surface area contributed by atoms with Gasteiger partial charge in [0.25, 0.3) is 0 Å². The summed E-state index contributed by atoms with van der Waals surface area (Å²) < 4.78 is 5.04. The fourth-order valence-electron chi connectivity index (χ4n) is 1.57. The lowest BCUT2D eigenvalue weighted by molar-refractivity contribution is -0.132.